The number of hydrogen-bond acceptors (Lipinski definition) is 2. The second-order valence-corrected chi connectivity index (χ2v) is 3.78. The Labute approximate surface area is 108 Å². The van der Waals surface area contributed by atoms with Crippen LogP contribution in [-0.4, -0.2) is 24.2 Å². The quantitative estimate of drug-likeness (QED) is 0.625. The summed E-state index contributed by atoms with van der Waals surface area (Å²) >= 11 is 0. The van der Waals surface area contributed by atoms with Crippen LogP contribution in [0.4, 0.5) is 30.7 Å². The maximum Gasteiger partial charge on any atom is 0.434 e. The summed E-state index contributed by atoms with van der Waals surface area (Å²) in [6, 6.07) is 1.63. The fraction of sp³-hybridized carbons (Fsp3) is 0.364. The summed E-state index contributed by atoms with van der Waals surface area (Å²) in [7, 11) is 0. The van der Waals surface area contributed by atoms with Crippen molar-refractivity contribution in [3.05, 3.63) is 29.6 Å². The number of Topliss-reactive ketones (excluding diaryl/α,β-unsaturated/α-hetero) is 1. The van der Waals surface area contributed by atoms with Gasteiger partial charge in [0.15, 0.2) is 5.78 Å². The van der Waals surface area contributed by atoms with Gasteiger partial charge in [0.05, 0.1) is 5.56 Å². The van der Waals surface area contributed by atoms with E-state index in [9.17, 15) is 35.5 Å². The van der Waals surface area contributed by atoms with Crippen molar-refractivity contribution in [1.82, 2.24) is 0 Å². The van der Waals surface area contributed by atoms with E-state index in [0.717, 1.165) is 6.92 Å². The van der Waals surface area contributed by atoms with Gasteiger partial charge in [-0.25, -0.2) is 4.39 Å². The van der Waals surface area contributed by atoms with Gasteiger partial charge in [-0.1, -0.05) is 0 Å². The maximum atomic E-state index is 12.9. The van der Waals surface area contributed by atoms with Gasteiger partial charge in [-0.3, -0.25) is 4.79 Å². The Hall–Kier alpha value is -1.80. The summed E-state index contributed by atoms with van der Waals surface area (Å²) in [6.07, 6.45) is -15.5. The van der Waals surface area contributed by atoms with Gasteiger partial charge in [0.25, 0.3) is 6.10 Å². The normalized spacial score (nSPS) is 12.7. The van der Waals surface area contributed by atoms with Gasteiger partial charge in [-0.15, -0.1) is 0 Å². The number of rotatable bonds is 3. The van der Waals surface area contributed by atoms with E-state index in [0.29, 0.717) is 18.2 Å². The first-order valence-electron chi connectivity index (χ1n) is 5.03. The molecule has 0 aromatic heterocycles. The molecule has 0 aliphatic heterocycles. The molecule has 0 bridgehead atoms. The predicted octanol–water partition coefficient (Wildman–Crippen LogP) is 3.90. The fourth-order valence-electron chi connectivity index (χ4n) is 1.33. The molecule has 0 fully saturated rings. The standard InChI is InChI=1S/C11H7F7O2/c1-5(19)7-4-6(12)2-3-8(7)20-9(10(13,14)15)11(16,17)18/h2-4,9H,1H3. The van der Waals surface area contributed by atoms with Crippen LogP contribution in [0.2, 0.25) is 0 Å². The number of halogens is 7. The molecule has 20 heavy (non-hydrogen) atoms. The van der Waals surface area contributed by atoms with Crippen molar-refractivity contribution >= 4 is 5.78 Å². The molecule has 0 heterocycles. The number of carbonyl (C=O) groups excluding carboxylic acids is 1. The summed E-state index contributed by atoms with van der Waals surface area (Å²) in [4.78, 5) is 11.1. The summed E-state index contributed by atoms with van der Waals surface area (Å²) < 4.78 is 90.6. The van der Waals surface area contributed by atoms with E-state index < -0.39 is 41.4 Å². The highest BCUT2D eigenvalue weighted by molar-refractivity contribution is 5.96. The summed E-state index contributed by atoms with van der Waals surface area (Å²) in [5.41, 5.74) is -0.705. The van der Waals surface area contributed by atoms with Crippen LogP contribution in [0.5, 0.6) is 5.75 Å². The van der Waals surface area contributed by atoms with Crippen LogP contribution in [0.1, 0.15) is 17.3 Å². The Balaban J connectivity index is 3.22. The lowest BCUT2D eigenvalue weighted by atomic mass is 10.1. The molecule has 9 heteroatoms. The second-order valence-electron chi connectivity index (χ2n) is 3.78. The number of carbonyl (C=O) groups is 1. The zero-order chi connectivity index (χ0) is 15.7. The summed E-state index contributed by atoms with van der Waals surface area (Å²) in [6.45, 7) is 0.859. The average molecular weight is 304 g/mol. The highest BCUT2D eigenvalue weighted by Crippen LogP contribution is 2.37. The number of benzene rings is 1. The van der Waals surface area contributed by atoms with Gasteiger partial charge in [0.2, 0.25) is 0 Å². The van der Waals surface area contributed by atoms with Gasteiger partial charge in [-0.2, -0.15) is 26.3 Å². The van der Waals surface area contributed by atoms with Crippen LogP contribution < -0.4 is 4.74 Å². The second kappa shape index (κ2) is 5.29. The van der Waals surface area contributed by atoms with E-state index in [1.807, 2.05) is 0 Å². The van der Waals surface area contributed by atoms with Crippen molar-refractivity contribution < 1.29 is 40.3 Å². The molecule has 0 radical (unpaired) electrons. The minimum atomic E-state index is -5.72. The molecular formula is C11H7F7O2. The van der Waals surface area contributed by atoms with Gasteiger partial charge in [-0.05, 0) is 25.1 Å². The van der Waals surface area contributed by atoms with Gasteiger partial charge < -0.3 is 4.74 Å². The van der Waals surface area contributed by atoms with Crippen LogP contribution in [0, 0.1) is 5.82 Å². The third kappa shape index (κ3) is 3.84. The Morgan fingerprint density at radius 3 is 2.00 bits per heavy atom. The predicted molar refractivity (Wildman–Crippen MR) is 52.9 cm³/mol. The monoisotopic (exact) mass is 304 g/mol. The first kappa shape index (κ1) is 16.3. The topological polar surface area (TPSA) is 26.3 Å². The van der Waals surface area contributed by atoms with Crippen molar-refractivity contribution in [1.29, 1.82) is 0 Å². The van der Waals surface area contributed by atoms with Crippen LogP contribution in [-0.2, 0) is 0 Å². The Kier molecular flexibility index (Phi) is 4.30. The number of ketones is 1. The van der Waals surface area contributed by atoms with E-state index in [2.05, 4.69) is 4.74 Å². The zero-order valence-electron chi connectivity index (χ0n) is 9.77. The zero-order valence-corrected chi connectivity index (χ0v) is 9.77. The van der Waals surface area contributed by atoms with E-state index >= 15 is 0 Å². The largest absolute Gasteiger partial charge is 0.471 e. The molecule has 0 saturated carbocycles. The summed E-state index contributed by atoms with van der Waals surface area (Å²) in [5, 5.41) is 0. The van der Waals surface area contributed by atoms with Crippen LogP contribution in [0.3, 0.4) is 0 Å². The van der Waals surface area contributed by atoms with Crippen molar-refractivity contribution in [2.24, 2.45) is 0 Å². The van der Waals surface area contributed by atoms with Crippen molar-refractivity contribution in [2.45, 2.75) is 25.4 Å². The Bertz CT molecular complexity index is 490. The third-order valence-electron chi connectivity index (χ3n) is 2.16. The molecule has 0 aliphatic rings. The molecule has 1 aromatic rings. The molecule has 0 unspecified atom stereocenters. The maximum absolute atomic E-state index is 12.9. The van der Waals surface area contributed by atoms with E-state index in [-0.39, 0.29) is 0 Å². The molecule has 1 aromatic carbocycles. The van der Waals surface area contributed by atoms with Crippen LogP contribution in [0.15, 0.2) is 18.2 Å². The average Bonchev–Trinajstić information content (AvgIpc) is 2.23. The molecule has 0 spiro atoms. The first-order valence-corrected chi connectivity index (χ1v) is 5.03. The molecular weight excluding hydrogens is 297 g/mol. The highest BCUT2D eigenvalue weighted by atomic mass is 19.4. The van der Waals surface area contributed by atoms with E-state index in [1.165, 1.54) is 0 Å². The van der Waals surface area contributed by atoms with E-state index in [1.54, 1.807) is 0 Å². The highest BCUT2D eigenvalue weighted by Gasteiger charge is 2.59. The first-order chi connectivity index (χ1) is 8.93. The number of alkyl halides is 6. The SMILES string of the molecule is CC(=O)c1cc(F)ccc1OC(C(F)(F)F)C(F)(F)F. The molecule has 0 saturated heterocycles. The minimum absolute atomic E-state index is 0.501. The summed E-state index contributed by atoms with van der Waals surface area (Å²) in [5.74, 6) is -2.90. The number of hydrogen-bond donors (Lipinski definition) is 0. The van der Waals surface area contributed by atoms with Crippen LogP contribution >= 0.6 is 0 Å². The van der Waals surface area contributed by atoms with E-state index in [4.69, 9.17) is 0 Å². The molecule has 0 aliphatic carbocycles. The van der Waals surface area contributed by atoms with Crippen molar-refractivity contribution in [3.8, 4) is 5.75 Å². The third-order valence-corrected chi connectivity index (χ3v) is 2.16. The minimum Gasteiger partial charge on any atom is -0.471 e. The molecule has 0 amide bonds. The molecule has 112 valence electrons. The van der Waals surface area contributed by atoms with Gasteiger partial charge >= 0.3 is 12.4 Å². The van der Waals surface area contributed by atoms with Gasteiger partial charge in [0, 0.05) is 0 Å². The molecule has 0 atom stereocenters. The lowest BCUT2D eigenvalue weighted by molar-refractivity contribution is -0.299. The lowest BCUT2D eigenvalue weighted by Gasteiger charge is -2.24. The Morgan fingerprint density at radius 2 is 1.60 bits per heavy atom. The smallest absolute Gasteiger partial charge is 0.434 e. The molecule has 2 nitrogen and oxygen atoms in total. The van der Waals surface area contributed by atoms with Crippen molar-refractivity contribution in [2.75, 3.05) is 0 Å². The molecule has 1 rings (SSSR count). The van der Waals surface area contributed by atoms with Gasteiger partial charge in [0.1, 0.15) is 11.6 Å². The lowest BCUT2D eigenvalue weighted by Crippen LogP contribution is -2.46. The van der Waals surface area contributed by atoms with Crippen LogP contribution in [0.25, 0.3) is 0 Å². The van der Waals surface area contributed by atoms with Crippen molar-refractivity contribution in [3.63, 3.8) is 0 Å². The fourth-order valence-corrected chi connectivity index (χ4v) is 1.33. The number of ether oxygens (including phenoxy) is 1. The molecule has 0 N–H and O–H groups in total. The Morgan fingerprint density at radius 1 is 1.10 bits per heavy atom.